The van der Waals surface area contributed by atoms with Crippen LogP contribution in [0.25, 0.3) is 0 Å². The summed E-state index contributed by atoms with van der Waals surface area (Å²) >= 11 is 5.47. The number of hydrogen-bond acceptors (Lipinski definition) is 2. The van der Waals surface area contributed by atoms with E-state index in [0.29, 0.717) is 25.1 Å². The lowest BCUT2D eigenvalue weighted by Gasteiger charge is -2.22. The second kappa shape index (κ2) is 6.73. The zero-order valence-electron chi connectivity index (χ0n) is 8.09. The minimum atomic E-state index is -0.00664. The van der Waals surface area contributed by atoms with E-state index in [4.69, 9.17) is 16.9 Å². The Labute approximate surface area is 84.3 Å². The Morgan fingerprint density at radius 1 is 1.69 bits per heavy atom. The third-order valence-electron chi connectivity index (χ3n) is 1.97. The first-order valence-electron chi connectivity index (χ1n) is 4.32. The van der Waals surface area contributed by atoms with Gasteiger partial charge in [-0.3, -0.25) is 4.79 Å². The molecule has 0 rings (SSSR count). The first-order valence-corrected chi connectivity index (χ1v) is 4.85. The van der Waals surface area contributed by atoms with E-state index in [-0.39, 0.29) is 11.9 Å². The van der Waals surface area contributed by atoms with Crippen molar-refractivity contribution in [2.24, 2.45) is 0 Å². The van der Waals surface area contributed by atoms with Gasteiger partial charge in [0, 0.05) is 25.4 Å². The largest absolute Gasteiger partial charge is 0.342 e. The molecule has 0 fully saturated rings. The molecule has 0 radical (unpaired) electrons. The third-order valence-corrected chi connectivity index (χ3v) is 2.23. The molecule has 0 aromatic carbocycles. The van der Waals surface area contributed by atoms with Gasteiger partial charge in [-0.25, -0.2) is 0 Å². The van der Waals surface area contributed by atoms with Gasteiger partial charge in [0.2, 0.25) is 5.91 Å². The SMILES string of the molecule is CC(CC#N)N(C)C(=O)CCCCl. The molecule has 4 heteroatoms. The molecule has 0 saturated heterocycles. The molecule has 1 unspecified atom stereocenters. The van der Waals surface area contributed by atoms with Crippen molar-refractivity contribution >= 4 is 17.5 Å². The van der Waals surface area contributed by atoms with Crippen LogP contribution in [0.4, 0.5) is 0 Å². The van der Waals surface area contributed by atoms with Gasteiger partial charge in [-0.2, -0.15) is 5.26 Å². The molecule has 74 valence electrons. The maximum absolute atomic E-state index is 11.4. The Balaban J connectivity index is 3.88. The number of alkyl halides is 1. The average molecular weight is 203 g/mol. The van der Waals surface area contributed by atoms with E-state index in [1.165, 1.54) is 0 Å². The molecule has 0 bridgehead atoms. The Bertz CT molecular complexity index is 200. The summed E-state index contributed by atoms with van der Waals surface area (Å²) in [5.41, 5.74) is 0. The first kappa shape index (κ1) is 12.2. The number of carbonyl (C=O) groups excluding carboxylic acids is 1. The molecule has 0 aromatic heterocycles. The van der Waals surface area contributed by atoms with Crippen LogP contribution in [0.5, 0.6) is 0 Å². The van der Waals surface area contributed by atoms with Crippen LogP contribution in [0, 0.1) is 11.3 Å². The molecular formula is C9H15ClN2O. The fourth-order valence-electron chi connectivity index (χ4n) is 0.909. The van der Waals surface area contributed by atoms with Gasteiger partial charge in [0.25, 0.3) is 0 Å². The summed E-state index contributed by atoms with van der Waals surface area (Å²) < 4.78 is 0. The quantitative estimate of drug-likeness (QED) is 0.638. The second-order valence-electron chi connectivity index (χ2n) is 3.01. The van der Waals surface area contributed by atoms with Gasteiger partial charge < -0.3 is 4.90 Å². The van der Waals surface area contributed by atoms with Crippen molar-refractivity contribution in [3.05, 3.63) is 0 Å². The number of nitrogens with zero attached hydrogens (tertiary/aromatic N) is 2. The predicted molar refractivity (Wildman–Crippen MR) is 52.4 cm³/mol. The fourth-order valence-corrected chi connectivity index (χ4v) is 1.04. The normalized spacial score (nSPS) is 11.8. The summed E-state index contributed by atoms with van der Waals surface area (Å²) in [6, 6.07) is 2.03. The van der Waals surface area contributed by atoms with E-state index in [9.17, 15) is 4.79 Å². The van der Waals surface area contributed by atoms with Gasteiger partial charge in [-0.15, -0.1) is 11.6 Å². The molecule has 0 saturated carbocycles. The summed E-state index contributed by atoms with van der Waals surface area (Å²) in [7, 11) is 1.72. The highest BCUT2D eigenvalue weighted by molar-refractivity contribution is 6.17. The Hall–Kier alpha value is -0.750. The van der Waals surface area contributed by atoms with Gasteiger partial charge in [0.1, 0.15) is 0 Å². The molecule has 1 amide bonds. The number of rotatable bonds is 5. The molecule has 1 atom stereocenters. The molecule has 0 N–H and O–H groups in total. The van der Waals surface area contributed by atoms with E-state index in [1.54, 1.807) is 11.9 Å². The highest BCUT2D eigenvalue weighted by atomic mass is 35.5. The van der Waals surface area contributed by atoms with E-state index in [0.717, 1.165) is 0 Å². The van der Waals surface area contributed by atoms with Crippen molar-refractivity contribution in [2.45, 2.75) is 32.2 Å². The molecule has 0 aromatic rings. The maximum Gasteiger partial charge on any atom is 0.222 e. The van der Waals surface area contributed by atoms with Gasteiger partial charge in [-0.05, 0) is 13.3 Å². The van der Waals surface area contributed by atoms with Crippen molar-refractivity contribution in [1.82, 2.24) is 4.90 Å². The Morgan fingerprint density at radius 3 is 2.77 bits per heavy atom. The standard InChI is InChI=1S/C9H15ClN2O/c1-8(5-7-11)12(2)9(13)4-3-6-10/h8H,3-6H2,1-2H3. The lowest BCUT2D eigenvalue weighted by Crippen LogP contribution is -2.34. The predicted octanol–water partition coefficient (Wildman–Crippen LogP) is 1.77. The van der Waals surface area contributed by atoms with E-state index in [1.807, 2.05) is 13.0 Å². The number of hydrogen-bond donors (Lipinski definition) is 0. The first-order chi connectivity index (χ1) is 6.13. The van der Waals surface area contributed by atoms with Crippen LogP contribution in [-0.4, -0.2) is 29.8 Å². The monoisotopic (exact) mass is 202 g/mol. The zero-order chi connectivity index (χ0) is 10.3. The summed E-state index contributed by atoms with van der Waals surface area (Å²) in [4.78, 5) is 13.0. The second-order valence-corrected chi connectivity index (χ2v) is 3.39. The lowest BCUT2D eigenvalue weighted by atomic mass is 10.2. The van der Waals surface area contributed by atoms with E-state index >= 15 is 0 Å². The van der Waals surface area contributed by atoms with Crippen molar-refractivity contribution in [3.63, 3.8) is 0 Å². The fraction of sp³-hybridized carbons (Fsp3) is 0.778. The highest BCUT2D eigenvalue weighted by Gasteiger charge is 2.14. The highest BCUT2D eigenvalue weighted by Crippen LogP contribution is 2.04. The molecular weight excluding hydrogens is 188 g/mol. The number of carbonyl (C=O) groups is 1. The molecule has 13 heavy (non-hydrogen) atoms. The molecule has 0 aliphatic carbocycles. The molecule has 3 nitrogen and oxygen atoms in total. The van der Waals surface area contributed by atoms with Crippen LogP contribution in [0.1, 0.15) is 26.2 Å². The average Bonchev–Trinajstić information content (AvgIpc) is 2.13. The molecule has 0 aliphatic heterocycles. The Morgan fingerprint density at radius 2 is 2.31 bits per heavy atom. The third kappa shape index (κ3) is 4.74. The van der Waals surface area contributed by atoms with Crippen LogP contribution in [0.3, 0.4) is 0 Å². The lowest BCUT2D eigenvalue weighted by molar-refractivity contribution is -0.131. The van der Waals surface area contributed by atoms with Crippen molar-refractivity contribution in [3.8, 4) is 6.07 Å². The Kier molecular flexibility index (Phi) is 6.34. The van der Waals surface area contributed by atoms with Crippen LogP contribution in [0.2, 0.25) is 0 Å². The smallest absolute Gasteiger partial charge is 0.222 e. The summed E-state index contributed by atoms with van der Waals surface area (Å²) in [5.74, 6) is 0.565. The number of nitriles is 1. The zero-order valence-corrected chi connectivity index (χ0v) is 8.84. The van der Waals surface area contributed by atoms with Gasteiger partial charge in [-0.1, -0.05) is 0 Å². The topological polar surface area (TPSA) is 44.1 Å². The van der Waals surface area contributed by atoms with E-state index in [2.05, 4.69) is 0 Å². The van der Waals surface area contributed by atoms with Crippen LogP contribution in [0.15, 0.2) is 0 Å². The van der Waals surface area contributed by atoms with E-state index < -0.39 is 0 Å². The summed E-state index contributed by atoms with van der Waals surface area (Å²) in [6.07, 6.45) is 1.54. The van der Waals surface area contributed by atoms with Crippen molar-refractivity contribution in [2.75, 3.05) is 12.9 Å². The van der Waals surface area contributed by atoms with Gasteiger partial charge in [0.15, 0.2) is 0 Å². The molecule has 0 aliphatic rings. The maximum atomic E-state index is 11.4. The molecule has 0 heterocycles. The minimum absolute atomic E-state index is 0.00664. The van der Waals surface area contributed by atoms with Crippen molar-refractivity contribution < 1.29 is 4.79 Å². The summed E-state index contributed by atoms with van der Waals surface area (Å²) in [6.45, 7) is 1.86. The number of halogens is 1. The number of amides is 1. The van der Waals surface area contributed by atoms with Crippen LogP contribution in [-0.2, 0) is 4.79 Å². The minimum Gasteiger partial charge on any atom is -0.342 e. The van der Waals surface area contributed by atoms with Gasteiger partial charge in [0.05, 0.1) is 12.5 Å². The molecule has 0 spiro atoms. The van der Waals surface area contributed by atoms with Crippen LogP contribution >= 0.6 is 11.6 Å². The summed E-state index contributed by atoms with van der Waals surface area (Å²) in [5, 5.41) is 8.43. The van der Waals surface area contributed by atoms with Gasteiger partial charge >= 0.3 is 0 Å². The van der Waals surface area contributed by atoms with Crippen molar-refractivity contribution in [1.29, 1.82) is 5.26 Å². The van der Waals surface area contributed by atoms with Crippen LogP contribution < -0.4 is 0 Å².